The number of ether oxygens (including phenoxy) is 3. The van der Waals surface area contributed by atoms with Crippen LogP contribution >= 0.6 is 0 Å². The predicted molar refractivity (Wildman–Crippen MR) is 344 cm³/mol. The van der Waals surface area contributed by atoms with E-state index in [0.29, 0.717) is 19.3 Å². The van der Waals surface area contributed by atoms with Gasteiger partial charge in [0, 0.05) is 19.3 Å². The van der Waals surface area contributed by atoms with Gasteiger partial charge in [0.1, 0.15) is 13.2 Å². The van der Waals surface area contributed by atoms with Crippen molar-refractivity contribution in [3.8, 4) is 0 Å². The maximum atomic E-state index is 12.9. The Labute approximate surface area is 491 Å². The van der Waals surface area contributed by atoms with Gasteiger partial charge in [-0.2, -0.15) is 0 Å². The van der Waals surface area contributed by atoms with Gasteiger partial charge in [0.2, 0.25) is 0 Å². The number of rotatable bonds is 64. The van der Waals surface area contributed by atoms with E-state index >= 15 is 0 Å². The van der Waals surface area contributed by atoms with Crippen LogP contribution in [0.5, 0.6) is 0 Å². The van der Waals surface area contributed by atoms with Gasteiger partial charge >= 0.3 is 17.9 Å². The van der Waals surface area contributed by atoms with E-state index in [4.69, 9.17) is 14.2 Å². The van der Waals surface area contributed by atoms with Crippen LogP contribution in [0.3, 0.4) is 0 Å². The summed E-state index contributed by atoms with van der Waals surface area (Å²) in [6.45, 7) is 6.54. The number of hydrogen-bond acceptors (Lipinski definition) is 6. The maximum Gasteiger partial charge on any atom is 0.306 e. The monoisotopic (exact) mass is 1110 g/mol. The van der Waals surface area contributed by atoms with Gasteiger partial charge in [-0.3, -0.25) is 14.4 Å². The summed E-state index contributed by atoms with van der Waals surface area (Å²) < 4.78 is 16.9. The first-order chi connectivity index (χ1) is 39.0. The minimum atomic E-state index is -0.771. The highest BCUT2D eigenvalue weighted by molar-refractivity contribution is 5.71. The van der Waals surface area contributed by atoms with Gasteiger partial charge in [0.25, 0.3) is 0 Å². The summed E-state index contributed by atoms with van der Waals surface area (Å²) in [4.78, 5) is 38.2. The first-order valence-corrected chi connectivity index (χ1v) is 34.8. The van der Waals surface area contributed by atoms with E-state index in [1.165, 1.54) is 238 Å². The second-order valence-electron chi connectivity index (χ2n) is 23.4. The van der Waals surface area contributed by atoms with Gasteiger partial charge in [-0.25, -0.2) is 0 Å². The molecule has 79 heavy (non-hydrogen) atoms. The molecule has 6 heteroatoms. The van der Waals surface area contributed by atoms with Crippen molar-refractivity contribution in [1.82, 2.24) is 0 Å². The van der Waals surface area contributed by atoms with E-state index in [-0.39, 0.29) is 31.1 Å². The third-order valence-electron chi connectivity index (χ3n) is 15.5. The molecule has 0 saturated heterocycles. The van der Waals surface area contributed by atoms with Gasteiger partial charge < -0.3 is 14.2 Å². The van der Waals surface area contributed by atoms with E-state index in [1.54, 1.807) is 0 Å². The van der Waals surface area contributed by atoms with Crippen molar-refractivity contribution in [3.05, 3.63) is 60.8 Å². The summed E-state index contributed by atoms with van der Waals surface area (Å²) >= 11 is 0. The van der Waals surface area contributed by atoms with Crippen LogP contribution in [0.4, 0.5) is 0 Å². The standard InChI is InChI=1S/C73H132O6/c1-4-7-10-13-16-18-20-22-24-26-28-30-32-34-36-38-40-42-44-46-48-50-52-54-57-60-63-66-72(75)78-69-70(68-77-71(74)65-62-59-56-15-12-9-6-3)79-73(76)67-64-61-58-55-53-51-49-47-45-43-41-39-37-35-33-31-29-27-25-23-21-19-17-14-11-8-5-2/h7,10,16,18,22,24,28,30,34,36,70H,4-6,8-9,11-15,17,19-21,23,25-27,29,31-33,35,37-69H2,1-3H3/b10-7-,18-16-,24-22-,30-28-,36-34-. The molecule has 0 aromatic carbocycles. The lowest BCUT2D eigenvalue weighted by Crippen LogP contribution is -2.30. The van der Waals surface area contributed by atoms with Gasteiger partial charge in [-0.05, 0) is 64.2 Å². The number of unbranched alkanes of at least 4 members (excludes halogenated alkanes) is 43. The molecule has 0 aliphatic heterocycles. The minimum absolute atomic E-state index is 0.0704. The van der Waals surface area contributed by atoms with Crippen molar-refractivity contribution >= 4 is 17.9 Å². The number of carbonyl (C=O) groups is 3. The molecule has 0 N–H and O–H groups in total. The summed E-state index contributed by atoms with van der Waals surface area (Å²) in [5, 5.41) is 0. The Morgan fingerprint density at radius 3 is 0.772 bits per heavy atom. The zero-order chi connectivity index (χ0) is 57.1. The molecule has 0 aromatic heterocycles. The highest BCUT2D eigenvalue weighted by Gasteiger charge is 2.19. The molecule has 0 aliphatic carbocycles. The van der Waals surface area contributed by atoms with Crippen molar-refractivity contribution in [3.63, 3.8) is 0 Å². The first-order valence-electron chi connectivity index (χ1n) is 34.8. The Morgan fingerprint density at radius 2 is 0.494 bits per heavy atom. The summed E-state index contributed by atoms with van der Waals surface area (Å²) in [6, 6.07) is 0. The van der Waals surface area contributed by atoms with E-state index < -0.39 is 6.10 Å². The molecule has 0 rings (SSSR count). The zero-order valence-electron chi connectivity index (χ0n) is 52.9. The Morgan fingerprint density at radius 1 is 0.266 bits per heavy atom. The average molecular weight is 1110 g/mol. The van der Waals surface area contributed by atoms with Crippen molar-refractivity contribution in [2.45, 2.75) is 374 Å². The molecule has 0 amide bonds. The number of hydrogen-bond donors (Lipinski definition) is 0. The molecule has 0 fully saturated rings. The average Bonchev–Trinajstić information content (AvgIpc) is 3.45. The molecule has 0 bridgehead atoms. The summed E-state index contributed by atoms with van der Waals surface area (Å²) in [5.41, 5.74) is 0. The SMILES string of the molecule is CC/C=C\C/C=C\C/C=C\C/C=C\C/C=C\CCCCCCCCCCCCCC(=O)OCC(COC(=O)CCCCCCCCC)OC(=O)CCCCCCCCCCCCCCCCCCCCCCCCCCCCC. The molecule has 0 spiro atoms. The van der Waals surface area contributed by atoms with Gasteiger partial charge in [-0.1, -0.05) is 345 Å². The van der Waals surface area contributed by atoms with E-state index in [1.807, 2.05) is 0 Å². The molecule has 0 radical (unpaired) electrons. The lowest BCUT2D eigenvalue weighted by atomic mass is 10.0. The fourth-order valence-electron chi connectivity index (χ4n) is 10.4. The highest BCUT2D eigenvalue weighted by atomic mass is 16.6. The minimum Gasteiger partial charge on any atom is -0.462 e. The largest absolute Gasteiger partial charge is 0.462 e. The van der Waals surface area contributed by atoms with E-state index in [0.717, 1.165) is 89.9 Å². The molecular formula is C73H132O6. The predicted octanol–water partition coefficient (Wildman–Crippen LogP) is 23.9. The van der Waals surface area contributed by atoms with Gasteiger partial charge in [-0.15, -0.1) is 0 Å². The molecule has 0 aliphatic rings. The molecule has 1 unspecified atom stereocenters. The zero-order valence-corrected chi connectivity index (χ0v) is 52.9. The van der Waals surface area contributed by atoms with Crippen LogP contribution < -0.4 is 0 Å². The Kier molecular flexibility index (Phi) is 65.1. The number of carbonyl (C=O) groups excluding carboxylic acids is 3. The first kappa shape index (κ1) is 76.1. The van der Waals surface area contributed by atoms with Crippen molar-refractivity contribution in [2.75, 3.05) is 13.2 Å². The van der Waals surface area contributed by atoms with Gasteiger partial charge in [0.15, 0.2) is 6.10 Å². The van der Waals surface area contributed by atoms with Crippen LogP contribution in [0.2, 0.25) is 0 Å². The molecule has 1 atom stereocenters. The molecule has 6 nitrogen and oxygen atoms in total. The van der Waals surface area contributed by atoms with E-state index in [2.05, 4.69) is 81.5 Å². The molecule has 0 saturated carbocycles. The highest BCUT2D eigenvalue weighted by Crippen LogP contribution is 2.18. The fourth-order valence-corrected chi connectivity index (χ4v) is 10.4. The van der Waals surface area contributed by atoms with Crippen LogP contribution in [-0.4, -0.2) is 37.2 Å². The maximum absolute atomic E-state index is 12.9. The Balaban J connectivity index is 4.05. The van der Waals surface area contributed by atoms with Crippen LogP contribution in [0.15, 0.2) is 60.8 Å². The molecule has 460 valence electrons. The topological polar surface area (TPSA) is 78.9 Å². The summed E-state index contributed by atoms with van der Waals surface area (Å²) in [6.07, 6.45) is 87.1. The second-order valence-corrected chi connectivity index (χ2v) is 23.4. The van der Waals surface area contributed by atoms with Crippen LogP contribution in [0.1, 0.15) is 367 Å². The smallest absolute Gasteiger partial charge is 0.306 e. The molecule has 0 aromatic rings. The second kappa shape index (κ2) is 67.6. The third-order valence-corrected chi connectivity index (χ3v) is 15.5. The van der Waals surface area contributed by atoms with E-state index in [9.17, 15) is 14.4 Å². The van der Waals surface area contributed by atoms with Crippen LogP contribution in [0.25, 0.3) is 0 Å². The van der Waals surface area contributed by atoms with Crippen LogP contribution in [-0.2, 0) is 28.6 Å². The third kappa shape index (κ3) is 65.8. The lowest BCUT2D eigenvalue weighted by Gasteiger charge is -2.18. The Hall–Kier alpha value is -2.89. The molecule has 0 heterocycles. The van der Waals surface area contributed by atoms with Crippen molar-refractivity contribution in [1.29, 1.82) is 0 Å². The quantitative estimate of drug-likeness (QED) is 0.0261. The summed E-state index contributed by atoms with van der Waals surface area (Å²) in [7, 11) is 0. The number of allylic oxidation sites excluding steroid dienone is 10. The molecular weight excluding hydrogens is 973 g/mol. The lowest BCUT2D eigenvalue weighted by molar-refractivity contribution is -0.167. The van der Waals surface area contributed by atoms with Crippen molar-refractivity contribution < 1.29 is 28.6 Å². The van der Waals surface area contributed by atoms with Crippen molar-refractivity contribution in [2.24, 2.45) is 0 Å². The van der Waals surface area contributed by atoms with Crippen LogP contribution in [0, 0.1) is 0 Å². The fraction of sp³-hybridized carbons (Fsp3) is 0.822. The number of esters is 3. The normalized spacial score (nSPS) is 12.4. The Bertz CT molecular complexity index is 1410. The summed E-state index contributed by atoms with van der Waals surface area (Å²) in [5.74, 6) is -0.858. The van der Waals surface area contributed by atoms with Gasteiger partial charge in [0.05, 0.1) is 0 Å².